The molecule has 0 heterocycles. The zero-order valence-corrected chi connectivity index (χ0v) is 8.47. The number of benzene rings is 1. The van der Waals surface area contributed by atoms with E-state index in [9.17, 15) is 4.79 Å². The highest BCUT2D eigenvalue weighted by atomic mass is 79.9. The van der Waals surface area contributed by atoms with E-state index in [1.165, 1.54) is 6.08 Å². The maximum atomic E-state index is 10.1. The third-order valence-electron chi connectivity index (χ3n) is 1.35. The fourth-order valence-electron chi connectivity index (χ4n) is 0.804. The van der Waals surface area contributed by atoms with Gasteiger partial charge in [0.2, 0.25) is 0 Å². The van der Waals surface area contributed by atoms with Crippen molar-refractivity contribution in [3.05, 3.63) is 40.4 Å². The van der Waals surface area contributed by atoms with Crippen LogP contribution in [-0.4, -0.2) is 6.29 Å². The summed E-state index contributed by atoms with van der Waals surface area (Å²) >= 11 is 9.14. The molecule has 0 amide bonds. The van der Waals surface area contributed by atoms with E-state index in [0.29, 0.717) is 11.3 Å². The fraction of sp³-hybridized carbons (Fsp3) is 0. The Morgan fingerprint density at radius 2 is 2.08 bits per heavy atom. The number of halogens is 2. The van der Waals surface area contributed by atoms with Gasteiger partial charge in [-0.2, -0.15) is 0 Å². The monoisotopic (exact) mass is 244 g/mol. The Morgan fingerprint density at radius 3 is 2.67 bits per heavy atom. The summed E-state index contributed by atoms with van der Waals surface area (Å²) in [5.41, 5.74) is 0.825. The van der Waals surface area contributed by atoms with Gasteiger partial charge in [0.1, 0.15) is 6.29 Å². The van der Waals surface area contributed by atoms with Gasteiger partial charge in [-0.25, -0.2) is 0 Å². The Morgan fingerprint density at radius 1 is 1.42 bits per heavy atom. The lowest BCUT2D eigenvalue weighted by Crippen LogP contribution is -1.79. The van der Waals surface area contributed by atoms with Crippen LogP contribution in [0.4, 0.5) is 0 Å². The first-order valence-corrected chi connectivity index (χ1v) is 4.48. The van der Waals surface area contributed by atoms with Crippen molar-refractivity contribution >= 4 is 38.8 Å². The van der Waals surface area contributed by atoms with Crippen LogP contribution >= 0.6 is 27.5 Å². The lowest BCUT2D eigenvalue weighted by Gasteiger charge is -1.99. The molecule has 0 atom stereocenters. The van der Waals surface area contributed by atoms with Crippen LogP contribution in [0, 0.1) is 0 Å². The molecule has 0 saturated heterocycles. The molecule has 0 spiro atoms. The summed E-state index contributed by atoms with van der Waals surface area (Å²) in [7, 11) is 0. The largest absolute Gasteiger partial charge is 0.299 e. The molecule has 0 aliphatic heterocycles. The summed E-state index contributed by atoms with van der Waals surface area (Å²) in [5.74, 6) is 0. The highest BCUT2D eigenvalue weighted by Crippen LogP contribution is 2.26. The minimum Gasteiger partial charge on any atom is -0.299 e. The van der Waals surface area contributed by atoms with Gasteiger partial charge in [0.05, 0.1) is 5.03 Å². The van der Waals surface area contributed by atoms with Crippen LogP contribution in [0.2, 0.25) is 0 Å². The maximum absolute atomic E-state index is 10.1. The van der Waals surface area contributed by atoms with Crippen LogP contribution in [0.1, 0.15) is 5.56 Å². The second kappa shape index (κ2) is 4.43. The molecule has 12 heavy (non-hydrogen) atoms. The van der Waals surface area contributed by atoms with Gasteiger partial charge < -0.3 is 0 Å². The highest BCUT2D eigenvalue weighted by Gasteiger charge is 2.00. The van der Waals surface area contributed by atoms with Crippen molar-refractivity contribution in [2.24, 2.45) is 0 Å². The van der Waals surface area contributed by atoms with E-state index >= 15 is 0 Å². The summed E-state index contributed by atoms with van der Waals surface area (Å²) in [6.45, 7) is 0. The van der Waals surface area contributed by atoms with E-state index in [1.54, 1.807) is 0 Å². The topological polar surface area (TPSA) is 17.1 Å². The summed E-state index contributed by atoms with van der Waals surface area (Å²) < 4.78 is 0.883. The molecule has 1 aromatic carbocycles. The quantitative estimate of drug-likeness (QED) is 0.577. The predicted octanol–water partition coefficient (Wildman–Crippen LogP) is 3.23. The van der Waals surface area contributed by atoms with Crippen molar-refractivity contribution in [1.29, 1.82) is 0 Å². The Bertz CT molecular complexity index is 320. The zero-order chi connectivity index (χ0) is 8.97. The number of allylic oxidation sites excluding steroid dienone is 1. The highest BCUT2D eigenvalue weighted by molar-refractivity contribution is 9.10. The first-order valence-electron chi connectivity index (χ1n) is 3.31. The third kappa shape index (κ3) is 2.19. The minimum atomic E-state index is 0.442. The second-order valence-electron chi connectivity index (χ2n) is 2.13. The Kier molecular flexibility index (Phi) is 3.50. The lowest BCUT2D eigenvalue weighted by atomic mass is 10.2. The molecule has 0 radical (unpaired) electrons. The van der Waals surface area contributed by atoms with Gasteiger partial charge in [-0.3, -0.25) is 4.79 Å². The molecule has 3 heteroatoms. The molecular formula is C9H6BrClO. The lowest BCUT2D eigenvalue weighted by molar-refractivity contribution is -0.104. The van der Waals surface area contributed by atoms with Crippen LogP contribution < -0.4 is 0 Å². The van der Waals surface area contributed by atoms with Crippen molar-refractivity contribution in [2.45, 2.75) is 0 Å². The molecule has 0 aromatic heterocycles. The average molecular weight is 246 g/mol. The first kappa shape index (κ1) is 9.49. The number of hydrogen-bond acceptors (Lipinski definition) is 1. The molecule has 0 saturated carbocycles. The molecule has 0 N–H and O–H groups in total. The molecule has 0 unspecified atom stereocenters. The van der Waals surface area contributed by atoms with Gasteiger partial charge in [-0.05, 0) is 12.1 Å². The van der Waals surface area contributed by atoms with Crippen molar-refractivity contribution in [2.75, 3.05) is 0 Å². The first-order chi connectivity index (χ1) is 5.75. The summed E-state index contributed by atoms with van der Waals surface area (Å²) in [6.07, 6.45) is 1.99. The minimum absolute atomic E-state index is 0.442. The number of aldehydes is 1. The fourth-order valence-corrected chi connectivity index (χ4v) is 1.63. The Labute approximate surface area is 84.2 Å². The van der Waals surface area contributed by atoms with Crippen molar-refractivity contribution in [3.8, 4) is 0 Å². The molecule has 1 nitrogen and oxygen atoms in total. The van der Waals surface area contributed by atoms with Gasteiger partial charge >= 0.3 is 0 Å². The Balaban J connectivity index is 3.10. The smallest absolute Gasteiger partial charge is 0.144 e. The zero-order valence-electron chi connectivity index (χ0n) is 6.13. The number of rotatable bonds is 2. The van der Waals surface area contributed by atoms with E-state index in [1.807, 2.05) is 24.3 Å². The van der Waals surface area contributed by atoms with Gasteiger partial charge in [0.25, 0.3) is 0 Å². The van der Waals surface area contributed by atoms with Crippen LogP contribution in [-0.2, 0) is 4.79 Å². The van der Waals surface area contributed by atoms with Crippen LogP contribution in [0.5, 0.6) is 0 Å². The van der Waals surface area contributed by atoms with Gasteiger partial charge in [-0.15, -0.1) is 0 Å². The molecule has 0 fully saturated rings. The van der Waals surface area contributed by atoms with Crippen molar-refractivity contribution in [3.63, 3.8) is 0 Å². The summed E-state index contributed by atoms with van der Waals surface area (Å²) in [6, 6.07) is 7.46. The second-order valence-corrected chi connectivity index (χ2v) is 3.39. The summed E-state index contributed by atoms with van der Waals surface area (Å²) in [4.78, 5) is 10.1. The van der Waals surface area contributed by atoms with Crippen LogP contribution in [0.25, 0.3) is 5.03 Å². The number of hydrogen-bond donors (Lipinski definition) is 0. The van der Waals surface area contributed by atoms with Gasteiger partial charge in [0.15, 0.2) is 0 Å². The van der Waals surface area contributed by atoms with E-state index in [4.69, 9.17) is 11.6 Å². The van der Waals surface area contributed by atoms with Gasteiger partial charge in [0, 0.05) is 10.0 Å². The molecule has 0 aliphatic rings. The van der Waals surface area contributed by atoms with E-state index in [-0.39, 0.29) is 0 Å². The van der Waals surface area contributed by atoms with E-state index in [0.717, 1.165) is 10.0 Å². The number of carbonyl (C=O) groups excluding carboxylic acids is 1. The standard InChI is InChI=1S/C9H6BrClO/c10-8-4-2-1-3-7(8)9(11)5-6-12/h1-6H/b9-5+. The summed E-state index contributed by atoms with van der Waals surface area (Å²) in [5, 5.41) is 0.442. The van der Waals surface area contributed by atoms with Crippen molar-refractivity contribution < 1.29 is 4.79 Å². The Hall–Kier alpha value is -0.600. The third-order valence-corrected chi connectivity index (χ3v) is 2.37. The average Bonchev–Trinajstić information content (AvgIpc) is 2.05. The van der Waals surface area contributed by atoms with Crippen molar-refractivity contribution in [1.82, 2.24) is 0 Å². The normalized spacial score (nSPS) is 11.3. The molecule has 1 rings (SSSR count). The van der Waals surface area contributed by atoms with E-state index in [2.05, 4.69) is 15.9 Å². The predicted molar refractivity (Wildman–Crippen MR) is 54.0 cm³/mol. The number of carbonyl (C=O) groups is 1. The van der Waals surface area contributed by atoms with Gasteiger partial charge in [-0.1, -0.05) is 45.7 Å². The molecular weight excluding hydrogens is 239 g/mol. The molecule has 1 aromatic rings. The maximum Gasteiger partial charge on any atom is 0.144 e. The molecule has 0 bridgehead atoms. The van der Waals surface area contributed by atoms with Crippen LogP contribution in [0.15, 0.2) is 34.8 Å². The molecule has 0 aliphatic carbocycles. The molecule has 62 valence electrons. The van der Waals surface area contributed by atoms with E-state index < -0.39 is 0 Å². The van der Waals surface area contributed by atoms with Crippen LogP contribution in [0.3, 0.4) is 0 Å². The SMILES string of the molecule is O=C/C=C(/Cl)c1ccccc1Br.